The van der Waals surface area contributed by atoms with Crippen molar-refractivity contribution in [2.75, 3.05) is 0 Å². The molecule has 0 heterocycles. The molecule has 3 rings (SSSR count). The molecule has 0 spiro atoms. The zero-order chi connectivity index (χ0) is 15.9. The van der Waals surface area contributed by atoms with E-state index >= 15 is 0 Å². The van der Waals surface area contributed by atoms with Crippen molar-refractivity contribution in [3.63, 3.8) is 0 Å². The van der Waals surface area contributed by atoms with Crippen LogP contribution in [0.4, 0.5) is 4.39 Å². The average molecular weight is 336 g/mol. The Hall–Kier alpha value is -1.90. The minimum Gasteiger partial charge on any atom is -0.223 e. The number of hydrogen-bond acceptors (Lipinski definition) is 3. The first kappa shape index (κ1) is 15.0. The van der Waals surface area contributed by atoms with E-state index in [-0.39, 0.29) is 4.90 Å². The summed E-state index contributed by atoms with van der Waals surface area (Å²) in [6.07, 6.45) is 0. The van der Waals surface area contributed by atoms with Crippen LogP contribution in [0.2, 0.25) is 5.02 Å². The van der Waals surface area contributed by atoms with Gasteiger partial charge in [-0.1, -0.05) is 23.7 Å². The number of nitriles is 1. The van der Waals surface area contributed by atoms with E-state index in [1.807, 2.05) is 6.07 Å². The van der Waals surface area contributed by atoms with Crippen molar-refractivity contribution in [3.8, 4) is 6.07 Å². The predicted molar refractivity (Wildman–Crippen MR) is 80.7 cm³/mol. The summed E-state index contributed by atoms with van der Waals surface area (Å²) >= 11 is 5.77. The SMILES string of the molecule is N#C[C@H]1[C@H](c2ccc(F)cc2)[C@@H]1S(=O)(=O)c1ccc(Cl)cc1. The molecule has 0 aromatic heterocycles. The number of nitrogens with zero attached hydrogens (tertiary/aromatic N) is 1. The quantitative estimate of drug-likeness (QED) is 0.861. The predicted octanol–water partition coefficient (Wildman–Crippen LogP) is 3.56. The van der Waals surface area contributed by atoms with Gasteiger partial charge in [-0.2, -0.15) is 5.26 Å². The van der Waals surface area contributed by atoms with Crippen molar-refractivity contribution < 1.29 is 12.8 Å². The molecule has 112 valence electrons. The molecule has 0 unspecified atom stereocenters. The number of rotatable bonds is 3. The third-order valence-corrected chi connectivity index (χ3v) is 6.34. The fourth-order valence-corrected chi connectivity index (χ4v) is 4.88. The van der Waals surface area contributed by atoms with Crippen molar-refractivity contribution in [2.45, 2.75) is 16.1 Å². The second-order valence-corrected chi connectivity index (χ2v) is 7.74. The molecule has 3 nitrogen and oxygen atoms in total. The molecule has 0 amide bonds. The molecule has 0 saturated heterocycles. The van der Waals surface area contributed by atoms with Crippen LogP contribution in [-0.2, 0) is 9.84 Å². The molecule has 1 aliphatic carbocycles. The van der Waals surface area contributed by atoms with Crippen molar-refractivity contribution in [3.05, 3.63) is 64.9 Å². The minimum absolute atomic E-state index is 0.145. The van der Waals surface area contributed by atoms with E-state index < -0.39 is 32.7 Å². The zero-order valence-corrected chi connectivity index (χ0v) is 12.9. The smallest absolute Gasteiger partial charge is 0.183 e. The van der Waals surface area contributed by atoms with Gasteiger partial charge < -0.3 is 0 Å². The highest BCUT2D eigenvalue weighted by molar-refractivity contribution is 7.92. The molecule has 22 heavy (non-hydrogen) atoms. The number of sulfone groups is 1. The second kappa shape index (κ2) is 5.38. The van der Waals surface area contributed by atoms with Crippen LogP contribution in [0.25, 0.3) is 0 Å². The highest BCUT2D eigenvalue weighted by Crippen LogP contribution is 2.53. The van der Waals surface area contributed by atoms with Gasteiger partial charge in [-0.05, 0) is 42.0 Å². The van der Waals surface area contributed by atoms with Crippen molar-refractivity contribution >= 4 is 21.4 Å². The van der Waals surface area contributed by atoms with Gasteiger partial charge >= 0.3 is 0 Å². The molecule has 0 bridgehead atoms. The highest BCUT2D eigenvalue weighted by Gasteiger charge is 2.59. The van der Waals surface area contributed by atoms with Gasteiger partial charge in [0.05, 0.1) is 22.1 Å². The topological polar surface area (TPSA) is 57.9 Å². The molecule has 1 fully saturated rings. The summed E-state index contributed by atoms with van der Waals surface area (Å²) < 4.78 is 38.3. The van der Waals surface area contributed by atoms with E-state index in [9.17, 15) is 18.1 Å². The first-order valence-electron chi connectivity index (χ1n) is 6.59. The number of hydrogen-bond donors (Lipinski definition) is 0. The largest absolute Gasteiger partial charge is 0.223 e. The van der Waals surface area contributed by atoms with E-state index in [0.717, 1.165) is 0 Å². The summed E-state index contributed by atoms with van der Waals surface area (Å²) in [6.45, 7) is 0. The summed E-state index contributed by atoms with van der Waals surface area (Å²) in [5.41, 5.74) is 0.662. The Labute approximate surface area is 132 Å². The molecule has 6 heteroatoms. The maximum atomic E-state index is 13.0. The summed E-state index contributed by atoms with van der Waals surface area (Å²) in [4.78, 5) is 0.145. The van der Waals surface area contributed by atoms with Crippen LogP contribution in [0.15, 0.2) is 53.4 Å². The molecular weight excluding hydrogens is 325 g/mol. The Morgan fingerprint density at radius 2 is 1.64 bits per heavy atom. The van der Waals surface area contributed by atoms with Gasteiger partial charge in [0.15, 0.2) is 9.84 Å². The van der Waals surface area contributed by atoms with Crippen LogP contribution < -0.4 is 0 Å². The Bertz CT molecular complexity index is 841. The molecule has 3 atom stereocenters. The van der Waals surface area contributed by atoms with E-state index in [0.29, 0.717) is 10.6 Å². The summed E-state index contributed by atoms with van der Waals surface area (Å²) in [5.74, 6) is -1.44. The van der Waals surface area contributed by atoms with Crippen molar-refractivity contribution in [2.24, 2.45) is 5.92 Å². The van der Waals surface area contributed by atoms with E-state index in [1.54, 1.807) is 0 Å². The van der Waals surface area contributed by atoms with Gasteiger partial charge in [0.1, 0.15) is 5.82 Å². The lowest BCUT2D eigenvalue weighted by Crippen LogP contribution is -2.10. The molecule has 0 aliphatic heterocycles. The molecular formula is C16H11ClFNO2S. The summed E-state index contributed by atoms with van der Waals surface area (Å²) in [5, 5.41) is 8.85. The van der Waals surface area contributed by atoms with E-state index in [2.05, 4.69) is 0 Å². The minimum atomic E-state index is -3.63. The second-order valence-electron chi connectivity index (χ2n) is 5.20. The van der Waals surface area contributed by atoms with Crippen LogP contribution >= 0.6 is 11.6 Å². The third kappa shape index (κ3) is 2.49. The lowest BCUT2D eigenvalue weighted by Gasteiger charge is -2.04. The molecule has 2 aromatic carbocycles. The number of benzene rings is 2. The fourth-order valence-electron chi connectivity index (χ4n) is 2.69. The van der Waals surface area contributed by atoms with Gasteiger partial charge in [-0.25, -0.2) is 12.8 Å². The van der Waals surface area contributed by atoms with Crippen molar-refractivity contribution in [1.82, 2.24) is 0 Å². The monoisotopic (exact) mass is 335 g/mol. The van der Waals surface area contributed by atoms with Crippen molar-refractivity contribution in [1.29, 1.82) is 5.26 Å². The van der Waals surface area contributed by atoms with E-state index in [4.69, 9.17) is 11.6 Å². The van der Waals surface area contributed by atoms with Crippen LogP contribution in [0.1, 0.15) is 11.5 Å². The number of halogens is 2. The summed E-state index contributed by atoms with van der Waals surface area (Å²) in [7, 11) is -3.63. The van der Waals surface area contributed by atoms with Crippen LogP contribution in [-0.4, -0.2) is 13.7 Å². The molecule has 1 saturated carbocycles. The van der Waals surface area contributed by atoms with Crippen LogP contribution in [0, 0.1) is 23.1 Å². The van der Waals surface area contributed by atoms with Gasteiger partial charge in [0.25, 0.3) is 0 Å². The normalized spacial score (nSPS) is 23.8. The summed E-state index contributed by atoms with van der Waals surface area (Å²) in [6, 6.07) is 13.5. The molecule has 0 N–H and O–H groups in total. The van der Waals surface area contributed by atoms with Gasteiger partial charge in [-0.15, -0.1) is 0 Å². The Kier molecular flexibility index (Phi) is 3.67. The molecule has 1 aliphatic rings. The maximum Gasteiger partial charge on any atom is 0.183 e. The van der Waals surface area contributed by atoms with Gasteiger partial charge in [-0.3, -0.25) is 0 Å². The first-order valence-corrected chi connectivity index (χ1v) is 8.52. The Balaban J connectivity index is 1.95. The van der Waals surface area contributed by atoms with E-state index in [1.165, 1.54) is 48.5 Å². The Morgan fingerprint density at radius 1 is 1.05 bits per heavy atom. The fraction of sp³-hybridized carbons (Fsp3) is 0.188. The lowest BCUT2D eigenvalue weighted by atomic mass is 10.1. The standard InChI is InChI=1S/C16H11ClFNO2S/c17-11-3-7-13(8-4-11)22(20,21)16-14(9-19)15(16)10-1-5-12(18)6-2-10/h1-8,14-16H/t14-,15-,16+/m0/s1. The highest BCUT2D eigenvalue weighted by atomic mass is 35.5. The lowest BCUT2D eigenvalue weighted by molar-refractivity contribution is 0.593. The molecule has 0 radical (unpaired) electrons. The first-order chi connectivity index (χ1) is 10.4. The van der Waals surface area contributed by atoms with Crippen LogP contribution in [0.3, 0.4) is 0 Å². The zero-order valence-electron chi connectivity index (χ0n) is 11.3. The van der Waals surface area contributed by atoms with Crippen LogP contribution in [0.5, 0.6) is 0 Å². The van der Waals surface area contributed by atoms with Gasteiger partial charge in [0, 0.05) is 10.9 Å². The Morgan fingerprint density at radius 3 is 2.18 bits per heavy atom. The third-order valence-electron chi connectivity index (χ3n) is 3.86. The average Bonchev–Trinajstić information content (AvgIpc) is 3.24. The maximum absolute atomic E-state index is 13.0. The van der Waals surface area contributed by atoms with Gasteiger partial charge in [0.2, 0.25) is 0 Å². The molecule has 2 aromatic rings.